The van der Waals surface area contributed by atoms with Crippen LogP contribution in [0.2, 0.25) is 0 Å². The Kier molecular flexibility index (Phi) is 7.53. The molecule has 0 radical (unpaired) electrons. The van der Waals surface area contributed by atoms with Gasteiger partial charge in [-0.25, -0.2) is 4.39 Å². The molecule has 0 unspecified atom stereocenters. The predicted octanol–water partition coefficient (Wildman–Crippen LogP) is 5.39. The molecule has 37 heavy (non-hydrogen) atoms. The van der Waals surface area contributed by atoms with E-state index in [1.165, 1.54) is 6.07 Å². The Hall–Kier alpha value is -2.53. The van der Waals surface area contributed by atoms with Crippen LogP contribution < -0.4 is 10.1 Å². The predicted molar refractivity (Wildman–Crippen MR) is 127 cm³/mol. The van der Waals surface area contributed by atoms with Crippen molar-refractivity contribution in [2.75, 3.05) is 44.8 Å². The minimum absolute atomic E-state index is 0.116. The fourth-order valence-electron chi connectivity index (χ4n) is 5.99. The fraction of sp³-hybridized carbons (Fsp3) is 0.615. The number of hydrogen-bond donors (Lipinski definition) is 1. The van der Waals surface area contributed by atoms with E-state index in [1.54, 1.807) is 6.92 Å². The zero-order valence-electron chi connectivity index (χ0n) is 20.7. The molecule has 11 heteroatoms. The number of halogens is 5. The molecule has 6 nitrogen and oxygen atoms in total. The number of hydrogen-bond acceptors (Lipinski definition) is 6. The molecule has 2 aliphatic heterocycles. The molecule has 2 saturated heterocycles. The van der Waals surface area contributed by atoms with Gasteiger partial charge < -0.3 is 19.7 Å². The Bertz CT molecular complexity index is 1100. The van der Waals surface area contributed by atoms with Crippen LogP contribution in [0.25, 0.3) is 11.3 Å². The van der Waals surface area contributed by atoms with E-state index in [1.807, 2.05) is 0 Å². The number of fused-ring (bicyclic) bond motifs is 1. The second-order valence-electron chi connectivity index (χ2n) is 10.3. The summed E-state index contributed by atoms with van der Waals surface area (Å²) < 4.78 is 81.2. The number of rotatable bonds is 7. The van der Waals surface area contributed by atoms with E-state index in [-0.39, 0.29) is 24.2 Å². The quantitative estimate of drug-likeness (QED) is 0.489. The second kappa shape index (κ2) is 10.7. The van der Waals surface area contributed by atoms with E-state index in [4.69, 9.17) is 9.47 Å². The Morgan fingerprint density at radius 2 is 1.76 bits per heavy atom. The minimum atomic E-state index is -4.75. The van der Waals surface area contributed by atoms with Crippen molar-refractivity contribution in [2.45, 2.75) is 44.8 Å². The van der Waals surface area contributed by atoms with Crippen molar-refractivity contribution in [1.29, 1.82) is 0 Å². The Labute approximate surface area is 212 Å². The van der Waals surface area contributed by atoms with Gasteiger partial charge in [-0.2, -0.15) is 17.6 Å². The van der Waals surface area contributed by atoms with Gasteiger partial charge in [0.25, 0.3) is 0 Å². The molecule has 0 spiro atoms. The first-order chi connectivity index (χ1) is 17.7. The number of anilines is 1. The molecule has 1 saturated carbocycles. The Morgan fingerprint density at radius 1 is 1.05 bits per heavy atom. The van der Waals surface area contributed by atoms with Gasteiger partial charge in [-0.3, -0.25) is 0 Å². The SMILES string of the molecule is CCOc1ccc(-c2cc(C(F)(F)F)c(N[C@@H]3C[C@@H]4CN(CC5CCOCC5)C[C@@H]4C3)nn2)c(F)c1F. The van der Waals surface area contributed by atoms with E-state index < -0.39 is 34.6 Å². The maximum atomic E-state index is 14.6. The summed E-state index contributed by atoms with van der Waals surface area (Å²) in [5.74, 6) is -1.79. The smallest absolute Gasteiger partial charge is 0.420 e. The largest absolute Gasteiger partial charge is 0.491 e. The summed E-state index contributed by atoms with van der Waals surface area (Å²) in [6.45, 7) is 6.34. The van der Waals surface area contributed by atoms with Crippen molar-refractivity contribution in [3.8, 4) is 17.0 Å². The molecule has 1 N–H and O–H groups in total. The number of nitrogens with zero attached hydrogens (tertiary/aromatic N) is 3. The van der Waals surface area contributed by atoms with Crippen LogP contribution >= 0.6 is 0 Å². The summed E-state index contributed by atoms with van der Waals surface area (Å²) in [4.78, 5) is 2.49. The van der Waals surface area contributed by atoms with Crippen LogP contribution in [-0.2, 0) is 10.9 Å². The molecular formula is C26H31F5N4O2. The zero-order chi connectivity index (χ0) is 26.2. The second-order valence-corrected chi connectivity index (χ2v) is 10.3. The number of alkyl halides is 3. The first-order valence-corrected chi connectivity index (χ1v) is 12.9. The average molecular weight is 527 g/mol. The third-order valence-electron chi connectivity index (χ3n) is 7.75. The summed E-state index contributed by atoms with van der Waals surface area (Å²) in [7, 11) is 0. The van der Waals surface area contributed by atoms with Gasteiger partial charge in [0.2, 0.25) is 5.82 Å². The van der Waals surface area contributed by atoms with E-state index in [2.05, 4.69) is 20.4 Å². The molecule has 202 valence electrons. The van der Waals surface area contributed by atoms with Crippen molar-refractivity contribution in [3.05, 3.63) is 35.4 Å². The molecule has 3 atom stereocenters. The van der Waals surface area contributed by atoms with Gasteiger partial charge in [0.15, 0.2) is 17.4 Å². The van der Waals surface area contributed by atoms with Crippen LogP contribution in [0.4, 0.5) is 27.8 Å². The summed E-state index contributed by atoms with van der Waals surface area (Å²) in [5, 5.41) is 10.5. The minimum Gasteiger partial charge on any atom is -0.491 e. The van der Waals surface area contributed by atoms with Crippen molar-refractivity contribution in [1.82, 2.24) is 15.1 Å². The Morgan fingerprint density at radius 3 is 2.41 bits per heavy atom. The Balaban J connectivity index is 1.28. The number of ether oxygens (including phenoxy) is 2. The molecule has 0 bridgehead atoms. The van der Waals surface area contributed by atoms with Crippen LogP contribution in [0.3, 0.4) is 0 Å². The molecular weight excluding hydrogens is 495 g/mol. The van der Waals surface area contributed by atoms with Gasteiger partial charge in [-0.15, -0.1) is 10.2 Å². The lowest BCUT2D eigenvalue weighted by Gasteiger charge is -2.28. The standard InChI is InChI=1S/C26H31F5N4O2/c1-2-37-22-4-3-19(23(27)24(22)28)21-11-20(26(29,30)31)25(34-33-21)32-18-9-16-13-35(14-17(16)10-18)12-15-5-7-36-8-6-15/h3-4,11,15-18H,2,5-10,12-14H2,1H3,(H,32,34)/t16-,17+,18-. The lowest BCUT2D eigenvalue weighted by atomic mass is 10.00. The summed E-state index contributed by atoms with van der Waals surface area (Å²) in [6, 6.07) is 2.88. The lowest BCUT2D eigenvalue weighted by Crippen LogP contribution is -2.32. The number of benzene rings is 1. The first kappa shape index (κ1) is 26.1. The van der Waals surface area contributed by atoms with E-state index in [9.17, 15) is 22.0 Å². The maximum absolute atomic E-state index is 14.6. The van der Waals surface area contributed by atoms with Crippen LogP contribution in [0.1, 0.15) is 38.2 Å². The average Bonchev–Trinajstić information content (AvgIpc) is 3.40. The van der Waals surface area contributed by atoms with Crippen molar-refractivity contribution in [2.24, 2.45) is 17.8 Å². The van der Waals surface area contributed by atoms with Gasteiger partial charge in [-0.05, 0) is 68.6 Å². The molecule has 5 rings (SSSR count). The van der Waals surface area contributed by atoms with Gasteiger partial charge >= 0.3 is 6.18 Å². The number of nitrogens with one attached hydrogen (secondary N) is 1. The molecule has 0 amide bonds. The molecule has 1 aromatic heterocycles. The number of aromatic nitrogens is 2. The third kappa shape index (κ3) is 5.67. The van der Waals surface area contributed by atoms with Gasteiger partial charge in [0.1, 0.15) is 5.56 Å². The van der Waals surface area contributed by atoms with Crippen LogP contribution in [0.15, 0.2) is 18.2 Å². The molecule has 3 fully saturated rings. The number of likely N-dealkylation sites (tertiary alicyclic amines) is 1. The zero-order valence-corrected chi connectivity index (χ0v) is 20.7. The fourth-order valence-corrected chi connectivity index (χ4v) is 5.99. The van der Waals surface area contributed by atoms with E-state index >= 15 is 0 Å². The summed E-state index contributed by atoms with van der Waals surface area (Å²) in [5.41, 5.74) is -1.86. The molecule has 3 heterocycles. The summed E-state index contributed by atoms with van der Waals surface area (Å²) >= 11 is 0. The first-order valence-electron chi connectivity index (χ1n) is 12.9. The van der Waals surface area contributed by atoms with Crippen molar-refractivity contribution >= 4 is 5.82 Å². The highest BCUT2D eigenvalue weighted by atomic mass is 19.4. The third-order valence-corrected chi connectivity index (χ3v) is 7.75. The van der Waals surface area contributed by atoms with Gasteiger partial charge in [0, 0.05) is 44.5 Å². The lowest BCUT2D eigenvalue weighted by molar-refractivity contribution is -0.137. The maximum Gasteiger partial charge on any atom is 0.420 e. The normalized spacial score (nSPS) is 24.9. The van der Waals surface area contributed by atoms with E-state index in [0.717, 1.165) is 70.7 Å². The van der Waals surface area contributed by atoms with Crippen molar-refractivity contribution in [3.63, 3.8) is 0 Å². The van der Waals surface area contributed by atoms with Gasteiger partial charge in [-0.1, -0.05) is 0 Å². The topological polar surface area (TPSA) is 59.5 Å². The highest BCUT2D eigenvalue weighted by Gasteiger charge is 2.43. The highest BCUT2D eigenvalue weighted by molar-refractivity contribution is 5.64. The highest BCUT2D eigenvalue weighted by Crippen LogP contribution is 2.42. The molecule has 2 aromatic rings. The molecule has 1 aliphatic carbocycles. The van der Waals surface area contributed by atoms with Crippen LogP contribution in [0.5, 0.6) is 5.75 Å². The monoisotopic (exact) mass is 526 g/mol. The van der Waals surface area contributed by atoms with Gasteiger partial charge in [0.05, 0.1) is 12.3 Å². The molecule has 1 aromatic carbocycles. The van der Waals surface area contributed by atoms with E-state index in [0.29, 0.717) is 17.8 Å². The van der Waals surface area contributed by atoms with Crippen molar-refractivity contribution < 1.29 is 31.4 Å². The van der Waals surface area contributed by atoms with Crippen LogP contribution in [0, 0.1) is 29.4 Å². The summed E-state index contributed by atoms with van der Waals surface area (Å²) in [6.07, 6.45) is -1.07. The van der Waals surface area contributed by atoms with Crippen LogP contribution in [-0.4, -0.2) is 60.6 Å². The molecule has 3 aliphatic rings.